The van der Waals surface area contributed by atoms with E-state index in [4.69, 9.17) is 16.0 Å². The zero-order valence-corrected chi connectivity index (χ0v) is 8.43. The minimum Gasteiger partial charge on any atom is -0.461 e. The van der Waals surface area contributed by atoms with Crippen molar-refractivity contribution in [1.29, 1.82) is 0 Å². The lowest BCUT2D eigenvalue weighted by Crippen LogP contribution is -2.05. The highest BCUT2D eigenvalue weighted by atomic mass is 35.5. The number of nitrogens with zero attached hydrogens (tertiary/aromatic N) is 1. The van der Waals surface area contributed by atoms with Crippen molar-refractivity contribution in [2.24, 2.45) is 0 Å². The third kappa shape index (κ3) is 1.66. The van der Waals surface area contributed by atoms with Crippen LogP contribution in [-0.2, 0) is 6.54 Å². The normalized spacial score (nSPS) is 10.7. The van der Waals surface area contributed by atoms with Gasteiger partial charge in [0.1, 0.15) is 0 Å². The van der Waals surface area contributed by atoms with Gasteiger partial charge in [0, 0.05) is 6.54 Å². The lowest BCUT2D eigenvalue weighted by molar-refractivity contribution is 0.578. The number of furan rings is 1. The Morgan fingerprint density at radius 2 is 2.50 bits per heavy atom. The van der Waals surface area contributed by atoms with E-state index in [9.17, 15) is 0 Å². The summed E-state index contributed by atoms with van der Waals surface area (Å²) in [6.45, 7) is 0.659. The monoisotopic (exact) mass is 211 g/mol. The van der Waals surface area contributed by atoms with Gasteiger partial charge in [-0.05, 0) is 19.2 Å². The van der Waals surface area contributed by atoms with Crippen LogP contribution in [0.3, 0.4) is 0 Å². The molecule has 2 heterocycles. The topological polar surface area (TPSA) is 53.9 Å². The number of aromatic nitrogens is 2. The van der Waals surface area contributed by atoms with E-state index in [1.807, 2.05) is 19.2 Å². The Balaban J connectivity index is 2.33. The molecule has 0 aliphatic rings. The van der Waals surface area contributed by atoms with E-state index in [1.165, 1.54) is 0 Å². The summed E-state index contributed by atoms with van der Waals surface area (Å²) in [4.78, 5) is 7.23. The summed E-state index contributed by atoms with van der Waals surface area (Å²) in [7, 11) is 1.85. The number of imidazole rings is 1. The number of H-pyrrole nitrogens is 1. The lowest BCUT2D eigenvalue weighted by atomic mass is 10.4. The van der Waals surface area contributed by atoms with Crippen molar-refractivity contribution in [3.05, 3.63) is 29.2 Å². The van der Waals surface area contributed by atoms with E-state index in [2.05, 4.69) is 15.3 Å². The fourth-order valence-corrected chi connectivity index (χ4v) is 1.41. The molecule has 0 aliphatic heterocycles. The molecule has 0 saturated heterocycles. The molecule has 0 fully saturated rings. The van der Waals surface area contributed by atoms with Gasteiger partial charge in [-0.2, -0.15) is 0 Å². The molecular weight excluding hydrogens is 202 g/mol. The van der Waals surface area contributed by atoms with Crippen molar-refractivity contribution >= 4 is 11.6 Å². The molecule has 4 nitrogen and oxygen atoms in total. The second-order valence-electron chi connectivity index (χ2n) is 2.86. The third-order valence-electron chi connectivity index (χ3n) is 1.84. The molecule has 0 radical (unpaired) electrons. The molecule has 0 spiro atoms. The molecule has 5 heteroatoms. The molecule has 0 aliphatic carbocycles. The van der Waals surface area contributed by atoms with Gasteiger partial charge in [0.05, 0.1) is 12.0 Å². The van der Waals surface area contributed by atoms with Crippen molar-refractivity contribution in [3.63, 3.8) is 0 Å². The van der Waals surface area contributed by atoms with Gasteiger partial charge in [0.2, 0.25) is 0 Å². The Morgan fingerprint density at radius 3 is 3.14 bits per heavy atom. The molecule has 14 heavy (non-hydrogen) atoms. The van der Waals surface area contributed by atoms with Crippen LogP contribution in [0.4, 0.5) is 0 Å². The largest absolute Gasteiger partial charge is 0.461 e. The first-order chi connectivity index (χ1) is 6.81. The van der Waals surface area contributed by atoms with Crippen LogP contribution in [0.1, 0.15) is 5.69 Å². The van der Waals surface area contributed by atoms with Crippen molar-refractivity contribution in [1.82, 2.24) is 15.3 Å². The van der Waals surface area contributed by atoms with Crippen molar-refractivity contribution in [3.8, 4) is 11.6 Å². The van der Waals surface area contributed by atoms with E-state index in [0.717, 1.165) is 5.69 Å². The minimum absolute atomic E-state index is 0.478. The fourth-order valence-electron chi connectivity index (χ4n) is 1.21. The molecule has 0 aromatic carbocycles. The summed E-state index contributed by atoms with van der Waals surface area (Å²) in [6, 6.07) is 3.64. The molecule has 74 valence electrons. The average Bonchev–Trinajstić information content (AvgIpc) is 2.76. The van der Waals surface area contributed by atoms with Crippen LogP contribution in [0.2, 0.25) is 5.15 Å². The van der Waals surface area contributed by atoms with Crippen LogP contribution in [0, 0.1) is 0 Å². The van der Waals surface area contributed by atoms with Gasteiger partial charge in [-0.1, -0.05) is 11.6 Å². The first kappa shape index (κ1) is 9.30. The summed E-state index contributed by atoms with van der Waals surface area (Å²) in [6.07, 6.45) is 1.60. The molecule has 0 atom stereocenters. The molecule has 0 bridgehead atoms. The Morgan fingerprint density at radius 1 is 1.64 bits per heavy atom. The maximum atomic E-state index is 5.92. The second-order valence-corrected chi connectivity index (χ2v) is 3.22. The highest BCUT2D eigenvalue weighted by Gasteiger charge is 2.10. The molecule has 0 unspecified atom stereocenters. The van der Waals surface area contributed by atoms with Crippen LogP contribution >= 0.6 is 11.6 Å². The maximum Gasteiger partial charge on any atom is 0.175 e. The quantitative estimate of drug-likeness (QED) is 0.817. The summed E-state index contributed by atoms with van der Waals surface area (Å²) in [5.41, 5.74) is 0.862. The van der Waals surface area contributed by atoms with Crippen molar-refractivity contribution < 1.29 is 4.42 Å². The summed E-state index contributed by atoms with van der Waals surface area (Å²) < 4.78 is 5.19. The first-order valence-corrected chi connectivity index (χ1v) is 4.62. The predicted octanol–water partition coefficient (Wildman–Crippen LogP) is 2.04. The highest BCUT2D eigenvalue weighted by Crippen LogP contribution is 2.21. The fraction of sp³-hybridized carbons (Fsp3) is 0.222. The van der Waals surface area contributed by atoms with Gasteiger partial charge in [-0.15, -0.1) is 0 Å². The molecule has 0 saturated carbocycles. The van der Waals surface area contributed by atoms with Crippen molar-refractivity contribution in [2.75, 3.05) is 7.05 Å². The lowest BCUT2D eigenvalue weighted by Gasteiger charge is -1.93. The van der Waals surface area contributed by atoms with E-state index in [-0.39, 0.29) is 0 Å². The van der Waals surface area contributed by atoms with Crippen LogP contribution in [-0.4, -0.2) is 17.0 Å². The Labute approximate surface area is 86.3 Å². The molecule has 2 aromatic heterocycles. The number of aromatic amines is 1. The van der Waals surface area contributed by atoms with E-state index in [0.29, 0.717) is 23.3 Å². The average molecular weight is 212 g/mol. The smallest absolute Gasteiger partial charge is 0.175 e. The Hall–Kier alpha value is -1.26. The zero-order valence-electron chi connectivity index (χ0n) is 7.67. The number of halogens is 1. The van der Waals surface area contributed by atoms with Gasteiger partial charge in [0.25, 0.3) is 0 Å². The number of hydrogen-bond donors (Lipinski definition) is 2. The SMILES string of the molecule is CNCc1[nH]c(-c2ccco2)nc1Cl. The van der Waals surface area contributed by atoms with E-state index < -0.39 is 0 Å². The zero-order chi connectivity index (χ0) is 9.97. The third-order valence-corrected chi connectivity index (χ3v) is 2.15. The van der Waals surface area contributed by atoms with E-state index in [1.54, 1.807) is 6.26 Å². The van der Waals surface area contributed by atoms with Crippen molar-refractivity contribution in [2.45, 2.75) is 6.54 Å². The number of rotatable bonds is 3. The Kier molecular flexibility index (Phi) is 2.56. The molecule has 0 amide bonds. The first-order valence-electron chi connectivity index (χ1n) is 4.24. The van der Waals surface area contributed by atoms with Gasteiger partial charge in [0.15, 0.2) is 16.7 Å². The number of hydrogen-bond acceptors (Lipinski definition) is 3. The molecule has 2 rings (SSSR count). The Bertz CT molecular complexity index is 408. The highest BCUT2D eigenvalue weighted by molar-refractivity contribution is 6.30. The van der Waals surface area contributed by atoms with Crippen LogP contribution in [0.25, 0.3) is 11.6 Å². The van der Waals surface area contributed by atoms with Gasteiger partial charge < -0.3 is 14.7 Å². The molecular formula is C9H10ClN3O. The van der Waals surface area contributed by atoms with Gasteiger partial charge >= 0.3 is 0 Å². The summed E-state index contributed by atoms with van der Waals surface area (Å²) in [5, 5.41) is 3.47. The molecule has 2 N–H and O–H groups in total. The molecule has 2 aromatic rings. The standard InChI is InChI=1S/C9H10ClN3O/c1-11-5-6-8(10)13-9(12-6)7-3-2-4-14-7/h2-4,11H,5H2,1H3,(H,12,13). The van der Waals surface area contributed by atoms with Crippen LogP contribution in [0.5, 0.6) is 0 Å². The van der Waals surface area contributed by atoms with Crippen LogP contribution < -0.4 is 5.32 Å². The summed E-state index contributed by atoms with van der Waals surface area (Å²) in [5.74, 6) is 1.35. The van der Waals surface area contributed by atoms with Gasteiger partial charge in [-0.25, -0.2) is 4.98 Å². The maximum absolute atomic E-state index is 5.92. The van der Waals surface area contributed by atoms with E-state index >= 15 is 0 Å². The van der Waals surface area contributed by atoms with Gasteiger partial charge in [-0.3, -0.25) is 0 Å². The minimum atomic E-state index is 0.478. The second kappa shape index (κ2) is 3.86. The predicted molar refractivity (Wildman–Crippen MR) is 54.1 cm³/mol. The summed E-state index contributed by atoms with van der Waals surface area (Å²) >= 11 is 5.92. The number of nitrogens with one attached hydrogen (secondary N) is 2. The van der Waals surface area contributed by atoms with Crippen LogP contribution in [0.15, 0.2) is 22.8 Å².